The van der Waals surface area contributed by atoms with Gasteiger partial charge in [-0.3, -0.25) is 13.9 Å². The molecule has 0 saturated carbocycles. The molecule has 0 aromatic heterocycles. The van der Waals surface area contributed by atoms with Crippen LogP contribution in [-0.4, -0.2) is 44.8 Å². The summed E-state index contributed by atoms with van der Waals surface area (Å²) in [4.78, 5) is 28.0. The van der Waals surface area contributed by atoms with E-state index >= 15 is 0 Å². The normalized spacial score (nSPS) is 12.1. The van der Waals surface area contributed by atoms with Gasteiger partial charge in [0.1, 0.15) is 12.6 Å². The number of likely N-dealkylation sites (N-methyl/N-ethyl adjacent to an activating group) is 1. The molecule has 7 nitrogen and oxygen atoms in total. The van der Waals surface area contributed by atoms with Crippen LogP contribution in [0.3, 0.4) is 0 Å². The molecule has 0 bridgehead atoms. The highest BCUT2D eigenvalue weighted by atomic mass is 35.5. The SMILES string of the molecule is CCC(C(=O)NC)N(Cc1c(Cl)cccc1Cl)C(=O)CN(c1cccc(C)c1)S(=O)(=O)c1ccc(Cl)cc1. The predicted molar refractivity (Wildman–Crippen MR) is 152 cm³/mol. The second kappa shape index (κ2) is 12.8. The van der Waals surface area contributed by atoms with Crippen molar-refractivity contribution in [1.82, 2.24) is 10.2 Å². The molecule has 2 amide bonds. The van der Waals surface area contributed by atoms with Gasteiger partial charge in [-0.1, -0.05) is 59.9 Å². The third-order valence-corrected chi connectivity index (χ3v) is 8.74. The molecule has 1 atom stereocenters. The molecule has 3 rings (SSSR count). The van der Waals surface area contributed by atoms with Crippen molar-refractivity contribution in [3.63, 3.8) is 0 Å². The third kappa shape index (κ3) is 6.80. The molecule has 0 heterocycles. The van der Waals surface area contributed by atoms with E-state index in [2.05, 4.69) is 5.32 Å². The first-order chi connectivity index (χ1) is 18.0. The Morgan fingerprint density at radius 2 is 1.55 bits per heavy atom. The van der Waals surface area contributed by atoms with E-state index in [0.29, 0.717) is 26.3 Å². The lowest BCUT2D eigenvalue weighted by atomic mass is 10.1. The van der Waals surface area contributed by atoms with Gasteiger partial charge in [-0.05, 0) is 67.4 Å². The van der Waals surface area contributed by atoms with Crippen LogP contribution < -0.4 is 9.62 Å². The maximum absolute atomic E-state index is 13.9. The van der Waals surface area contributed by atoms with Gasteiger partial charge in [-0.15, -0.1) is 0 Å². The molecular weight excluding hydrogens is 569 g/mol. The van der Waals surface area contributed by atoms with Crippen LogP contribution in [0, 0.1) is 6.92 Å². The third-order valence-electron chi connectivity index (χ3n) is 5.99. The van der Waals surface area contributed by atoms with E-state index < -0.39 is 34.4 Å². The van der Waals surface area contributed by atoms with Crippen LogP contribution in [0.4, 0.5) is 5.69 Å². The monoisotopic (exact) mass is 595 g/mol. The van der Waals surface area contributed by atoms with Crippen LogP contribution in [0.25, 0.3) is 0 Å². The number of rotatable bonds is 10. The number of halogens is 3. The molecule has 0 saturated heterocycles. The fourth-order valence-electron chi connectivity index (χ4n) is 3.99. The van der Waals surface area contributed by atoms with Crippen molar-refractivity contribution in [1.29, 1.82) is 0 Å². The summed E-state index contributed by atoms with van der Waals surface area (Å²) in [6.07, 6.45) is 0.280. The number of nitrogens with one attached hydrogen (secondary N) is 1. The van der Waals surface area contributed by atoms with Gasteiger partial charge in [0.2, 0.25) is 11.8 Å². The van der Waals surface area contributed by atoms with Crippen LogP contribution in [0.2, 0.25) is 15.1 Å². The van der Waals surface area contributed by atoms with Gasteiger partial charge < -0.3 is 10.2 Å². The average molecular weight is 597 g/mol. The Morgan fingerprint density at radius 1 is 0.947 bits per heavy atom. The number of anilines is 1. The molecule has 0 fully saturated rings. The Labute approximate surface area is 238 Å². The number of nitrogens with zero attached hydrogens (tertiary/aromatic N) is 2. The number of benzene rings is 3. The van der Waals surface area contributed by atoms with Crippen molar-refractivity contribution in [3.05, 3.63) is 92.9 Å². The second-order valence-electron chi connectivity index (χ2n) is 8.56. The number of sulfonamides is 1. The summed E-state index contributed by atoms with van der Waals surface area (Å²) in [6.45, 7) is 2.93. The molecule has 11 heteroatoms. The van der Waals surface area contributed by atoms with E-state index in [1.165, 1.54) is 36.2 Å². The number of aryl methyl sites for hydroxylation is 1. The lowest BCUT2D eigenvalue weighted by Crippen LogP contribution is -2.51. The van der Waals surface area contributed by atoms with Crippen molar-refractivity contribution in [3.8, 4) is 0 Å². The van der Waals surface area contributed by atoms with Crippen LogP contribution in [0.1, 0.15) is 24.5 Å². The molecule has 202 valence electrons. The van der Waals surface area contributed by atoms with E-state index in [9.17, 15) is 18.0 Å². The van der Waals surface area contributed by atoms with E-state index in [-0.39, 0.29) is 17.9 Å². The largest absolute Gasteiger partial charge is 0.357 e. The highest BCUT2D eigenvalue weighted by Gasteiger charge is 2.34. The summed E-state index contributed by atoms with van der Waals surface area (Å²) in [5, 5.41) is 3.60. The highest BCUT2D eigenvalue weighted by molar-refractivity contribution is 7.92. The van der Waals surface area contributed by atoms with Crippen LogP contribution in [-0.2, 0) is 26.2 Å². The zero-order chi connectivity index (χ0) is 28.0. The molecule has 0 radical (unpaired) electrons. The first-order valence-electron chi connectivity index (χ1n) is 11.8. The van der Waals surface area contributed by atoms with Gasteiger partial charge in [-0.2, -0.15) is 0 Å². The molecular formula is C27H28Cl3N3O4S. The minimum Gasteiger partial charge on any atom is -0.357 e. The van der Waals surface area contributed by atoms with E-state index in [0.717, 1.165) is 9.87 Å². The minimum atomic E-state index is -4.19. The zero-order valence-corrected chi connectivity index (χ0v) is 24.2. The molecule has 3 aromatic carbocycles. The number of hydrogen-bond donors (Lipinski definition) is 1. The average Bonchev–Trinajstić information content (AvgIpc) is 2.88. The fourth-order valence-corrected chi connectivity index (χ4v) is 6.03. The molecule has 0 aliphatic carbocycles. The quantitative estimate of drug-likeness (QED) is 0.325. The second-order valence-corrected chi connectivity index (χ2v) is 11.7. The maximum Gasteiger partial charge on any atom is 0.264 e. The standard InChI is InChI=1S/C27H28Cl3N3O4S/c1-4-25(27(35)31-3)32(16-22-23(29)9-6-10-24(22)30)26(34)17-33(20-8-5-7-18(2)15-20)38(36,37)21-13-11-19(28)12-14-21/h5-15,25H,4,16-17H2,1-3H3,(H,31,35). The topological polar surface area (TPSA) is 86.8 Å². The van der Waals surface area contributed by atoms with Crippen LogP contribution in [0.5, 0.6) is 0 Å². The number of amides is 2. The van der Waals surface area contributed by atoms with Crippen LogP contribution >= 0.6 is 34.8 Å². The van der Waals surface area contributed by atoms with Gasteiger partial charge in [0, 0.05) is 34.2 Å². The van der Waals surface area contributed by atoms with E-state index in [4.69, 9.17) is 34.8 Å². The van der Waals surface area contributed by atoms with E-state index in [1.807, 2.05) is 13.0 Å². The van der Waals surface area contributed by atoms with Gasteiger partial charge in [0.25, 0.3) is 10.0 Å². The number of carbonyl (C=O) groups is 2. The van der Waals surface area contributed by atoms with Crippen molar-refractivity contribution >= 4 is 62.3 Å². The van der Waals surface area contributed by atoms with Gasteiger partial charge in [-0.25, -0.2) is 8.42 Å². The van der Waals surface area contributed by atoms with Crippen molar-refractivity contribution < 1.29 is 18.0 Å². The Hall–Kier alpha value is -2.78. The summed E-state index contributed by atoms with van der Waals surface area (Å²) < 4.78 is 28.6. The summed E-state index contributed by atoms with van der Waals surface area (Å²) in [6, 6.07) is 16.6. The number of hydrogen-bond acceptors (Lipinski definition) is 4. The maximum atomic E-state index is 13.9. The van der Waals surface area contributed by atoms with Gasteiger partial charge in [0.05, 0.1) is 10.6 Å². The zero-order valence-electron chi connectivity index (χ0n) is 21.1. The first kappa shape index (κ1) is 29.8. The fraction of sp³-hybridized carbons (Fsp3) is 0.259. The van der Waals surface area contributed by atoms with Crippen molar-refractivity contribution in [2.45, 2.75) is 37.8 Å². The molecule has 38 heavy (non-hydrogen) atoms. The summed E-state index contributed by atoms with van der Waals surface area (Å²) in [5.41, 5.74) is 1.56. The number of carbonyl (C=O) groups excluding carboxylic acids is 2. The molecule has 1 unspecified atom stereocenters. The van der Waals surface area contributed by atoms with Crippen LogP contribution in [0.15, 0.2) is 71.6 Å². The molecule has 1 N–H and O–H groups in total. The minimum absolute atomic E-state index is 0.0322. The Kier molecular flexibility index (Phi) is 10.1. The Bertz CT molecular complexity index is 1400. The highest BCUT2D eigenvalue weighted by Crippen LogP contribution is 2.29. The summed E-state index contributed by atoms with van der Waals surface area (Å²) >= 11 is 18.7. The Morgan fingerprint density at radius 3 is 2.11 bits per heavy atom. The first-order valence-corrected chi connectivity index (χ1v) is 14.4. The summed E-state index contributed by atoms with van der Waals surface area (Å²) in [7, 11) is -2.72. The molecule has 3 aromatic rings. The molecule has 0 aliphatic heterocycles. The lowest BCUT2D eigenvalue weighted by molar-refractivity contribution is -0.140. The predicted octanol–water partition coefficient (Wildman–Crippen LogP) is 5.70. The van der Waals surface area contributed by atoms with Gasteiger partial charge >= 0.3 is 0 Å². The lowest BCUT2D eigenvalue weighted by Gasteiger charge is -2.33. The smallest absolute Gasteiger partial charge is 0.264 e. The van der Waals surface area contributed by atoms with E-state index in [1.54, 1.807) is 43.3 Å². The molecule has 0 spiro atoms. The molecule has 0 aliphatic rings. The Balaban J connectivity index is 2.10. The summed E-state index contributed by atoms with van der Waals surface area (Å²) in [5.74, 6) is -0.998. The van der Waals surface area contributed by atoms with Crippen molar-refractivity contribution in [2.24, 2.45) is 0 Å². The van der Waals surface area contributed by atoms with Gasteiger partial charge in [0.15, 0.2) is 0 Å². The van der Waals surface area contributed by atoms with Crippen molar-refractivity contribution in [2.75, 3.05) is 17.9 Å².